The second-order valence-electron chi connectivity index (χ2n) is 5.01. The number of nitrogens with zero attached hydrogens (tertiary/aromatic N) is 3. The van der Waals surface area contributed by atoms with E-state index in [9.17, 15) is 5.11 Å². The lowest BCUT2D eigenvalue weighted by atomic mass is 10.1. The molecule has 1 aromatic heterocycles. The summed E-state index contributed by atoms with van der Waals surface area (Å²) in [6.45, 7) is 4.07. The maximum Gasteiger partial charge on any atom is 0.0682 e. The number of hydrogen-bond donors (Lipinski definition) is 1. The summed E-state index contributed by atoms with van der Waals surface area (Å²) in [5.74, 6) is 0. The Morgan fingerprint density at radius 1 is 0.950 bits per heavy atom. The molecule has 20 heavy (non-hydrogen) atoms. The Bertz CT molecular complexity index is 551. The second-order valence-corrected chi connectivity index (χ2v) is 5.01. The van der Waals surface area contributed by atoms with Crippen LogP contribution in [0.5, 0.6) is 0 Å². The molecule has 0 unspecified atom stereocenters. The minimum Gasteiger partial charge on any atom is -0.392 e. The smallest absolute Gasteiger partial charge is 0.0682 e. The Labute approximate surface area is 119 Å². The van der Waals surface area contributed by atoms with Crippen molar-refractivity contribution in [3.8, 4) is 0 Å². The van der Waals surface area contributed by atoms with E-state index in [1.807, 2.05) is 24.4 Å². The molecule has 1 N–H and O–H groups in total. The van der Waals surface area contributed by atoms with Crippen LogP contribution in [-0.4, -0.2) is 36.3 Å². The van der Waals surface area contributed by atoms with Crippen LogP contribution in [0.4, 0.5) is 11.4 Å². The van der Waals surface area contributed by atoms with E-state index in [0.29, 0.717) is 0 Å². The third-order valence-electron chi connectivity index (χ3n) is 3.75. The molecule has 0 aliphatic carbocycles. The van der Waals surface area contributed by atoms with Crippen LogP contribution in [0.2, 0.25) is 0 Å². The number of rotatable bonds is 3. The lowest BCUT2D eigenvalue weighted by Crippen LogP contribution is -2.46. The first-order valence-electron chi connectivity index (χ1n) is 6.96. The molecule has 2 heterocycles. The highest BCUT2D eigenvalue weighted by Gasteiger charge is 2.17. The van der Waals surface area contributed by atoms with E-state index in [-0.39, 0.29) is 6.61 Å². The highest BCUT2D eigenvalue weighted by Crippen LogP contribution is 2.20. The van der Waals surface area contributed by atoms with E-state index in [2.05, 4.69) is 33.0 Å². The predicted molar refractivity (Wildman–Crippen MR) is 81.0 cm³/mol. The molecule has 0 atom stereocenters. The van der Waals surface area contributed by atoms with Crippen molar-refractivity contribution in [3.63, 3.8) is 0 Å². The minimum atomic E-state index is 0.101. The first-order chi connectivity index (χ1) is 9.86. The van der Waals surface area contributed by atoms with Crippen molar-refractivity contribution in [3.05, 3.63) is 54.4 Å². The fraction of sp³-hybridized carbons (Fsp3) is 0.312. The molecule has 3 rings (SSSR count). The van der Waals surface area contributed by atoms with Crippen LogP contribution in [0.1, 0.15) is 5.56 Å². The van der Waals surface area contributed by atoms with Crippen molar-refractivity contribution in [2.24, 2.45) is 0 Å². The van der Waals surface area contributed by atoms with Crippen LogP contribution in [-0.2, 0) is 6.61 Å². The minimum absolute atomic E-state index is 0.101. The van der Waals surface area contributed by atoms with Crippen molar-refractivity contribution in [2.75, 3.05) is 36.0 Å². The zero-order valence-corrected chi connectivity index (χ0v) is 11.4. The summed E-state index contributed by atoms with van der Waals surface area (Å²) in [5.41, 5.74) is 3.36. The summed E-state index contributed by atoms with van der Waals surface area (Å²) in [6.07, 6.45) is 3.72. The summed E-state index contributed by atoms with van der Waals surface area (Å²) in [6, 6.07) is 12.2. The highest BCUT2D eigenvalue weighted by atomic mass is 16.3. The van der Waals surface area contributed by atoms with Gasteiger partial charge in [0.15, 0.2) is 0 Å². The first kappa shape index (κ1) is 12.9. The molecular formula is C16H19N3O. The molecule has 1 aromatic carbocycles. The van der Waals surface area contributed by atoms with Crippen LogP contribution >= 0.6 is 0 Å². The molecule has 0 amide bonds. The number of aromatic nitrogens is 1. The van der Waals surface area contributed by atoms with E-state index < -0.39 is 0 Å². The molecule has 1 saturated heterocycles. The second kappa shape index (κ2) is 5.92. The van der Waals surface area contributed by atoms with Crippen molar-refractivity contribution < 1.29 is 5.11 Å². The van der Waals surface area contributed by atoms with E-state index >= 15 is 0 Å². The molecule has 0 bridgehead atoms. The number of piperazine rings is 1. The standard InChI is InChI=1S/C16H19N3O/c20-13-14-3-1-4-15(11-14)18-7-9-19(10-8-18)16-5-2-6-17-12-16/h1-6,11-12,20H,7-10,13H2. The quantitative estimate of drug-likeness (QED) is 0.924. The van der Waals surface area contributed by atoms with E-state index in [1.54, 1.807) is 6.20 Å². The topological polar surface area (TPSA) is 39.6 Å². The number of hydrogen-bond acceptors (Lipinski definition) is 4. The maximum absolute atomic E-state index is 9.22. The van der Waals surface area contributed by atoms with Crippen LogP contribution in [0.15, 0.2) is 48.8 Å². The molecule has 0 spiro atoms. The van der Waals surface area contributed by atoms with Gasteiger partial charge in [0.2, 0.25) is 0 Å². The van der Waals surface area contributed by atoms with Crippen molar-refractivity contribution in [1.29, 1.82) is 0 Å². The number of aliphatic hydroxyl groups is 1. The average Bonchev–Trinajstić information content (AvgIpc) is 2.56. The van der Waals surface area contributed by atoms with Gasteiger partial charge in [0, 0.05) is 38.1 Å². The zero-order chi connectivity index (χ0) is 13.8. The Hall–Kier alpha value is -2.07. The number of anilines is 2. The summed E-state index contributed by atoms with van der Waals surface area (Å²) in [4.78, 5) is 8.90. The molecular weight excluding hydrogens is 250 g/mol. The number of pyridine rings is 1. The van der Waals surface area contributed by atoms with Crippen molar-refractivity contribution in [2.45, 2.75) is 6.61 Å². The first-order valence-corrected chi connectivity index (χ1v) is 6.96. The van der Waals surface area contributed by atoms with Crippen LogP contribution in [0.25, 0.3) is 0 Å². The molecule has 0 saturated carbocycles. The van der Waals surface area contributed by atoms with Gasteiger partial charge in [0.1, 0.15) is 0 Å². The van der Waals surface area contributed by atoms with Crippen molar-refractivity contribution in [1.82, 2.24) is 4.98 Å². The van der Waals surface area contributed by atoms with Gasteiger partial charge in [0.25, 0.3) is 0 Å². The van der Waals surface area contributed by atoms with Crippen LogP contribution in [0, 0.1) is 0 Å². The molecule has 4 nitrogen and oxygen atoms in total. The van der Waals surface area contributed by atoms with Gasteiger partial charge in [-0.3, -0.25) is 4.98 Å². The maximum atomic E-state index is 9.22. The SMILES string of the molecule is OCc1cccc(N2CCN(c3cccnc3)CC2)c1. The van der Waals surface area contributed by atoms with Gasteiger partial charge in [-0.15, -0.1) is 0 Å². The summed E-state index contributed by atoms with van der Waals surface area (Å²) < 4.78 is 0. The monoisotopic (exact) mass is 269 g/mol. The summed E-state index contributed by atoms with van der Waals surface area (Å²) >= 11 is 0. The van der Waals surface area contributed by atoms with Gasteiger partial charge in [-0.1, -0.05) is 12.1 Å². The molecule has 104 valence electrons. The summed E-state index contributed by atoms with van der Waals surface area (Å²) in [5, 5.41) is 9.22. The number of benzene rings is 1. The Balaban J connectivity index is 1.66. The third-order valence-corrected chi connectivity index (χ3v) is 3.75. The lowest BCUT2D eigenvalue weighted by Gasteiger charge is -2.37. The largest absolute Gasteiger partial charge is 0.392 e. The molecule has 1 fully saturated rings. The summed E-state index contributed by atoms with van der Waals surface area (Å²) in [7, 11) is 0. The zero-order valence-electron chi connectivity index (χ0n) is 11.4. The Morgan fingerprint density at radius 3 is 2.30 bits per heavy atom. The van der Waals surface area contributed by atoms with Crippen molar-refractivity contribution >= 4 is 11.4 Å². The van der Waals surface area contributed by atoms with Gasteiger partial charge in [-0.05, 0) is 29.8 Å². The van der Waals surface area contributed by atoms with Gasteiger partial charge >= 0.3 is 0 Å². The van der Waals surface area contributed by atoms with Crippen LogP contribution < -0.4 is 9.80 Å². The predicted octanol–water partition coefficient (Wildman–Crippen LogP) is 1.90. The van der Waals surface area contributed by atoms with Gasteiger partial charge in [-0.25, -0.2) is 0 Å². The van der Waals surface area contributed by atoms with Crippen LogP contribution in [0.3, 0.4) is 0 Å². The Morgan fingerprint density at radius 2 is 1.65 bits per heavy atom. The fourth-order valence-electron chi connectivity index (χ4n) is 2.62. The van der Waals surface area contributed by atoms with E-state index in [4.69, 9.17) is 0 Å². The van der Waals surface area contributed by atoms with E-state index in [1.165, 1.54) is 11.4 Å². The molecule has 2 aromatic rings. The molecule has 1 aliphatic heterocycles. The molecule has 4 heteroatoms. The highest BCUT2D eigenvalue weighted by molar-refractivity contribution is 5.52. The molecule has 1 aliphatic rings. The molecule has 0 radical (unpaired) electrons. The van der Waals surface area contributed by atoms with Gasteiger partial charge in [0.05, 0.1) is 18.5 Å². The van der Waals surface area contributed by atoms with Gasteiger partial charge in [-0.2, -0.15) is 0 Å². The lowest BCUT2D eigenvalue weighted by molar-refractivity contribution is 0.282. The Kier molecular flexibility index (Phi) is 3.83. The fourth-order valence-corrected chi connectivity index (χ4v) is 2.62. The van der Waals surface area contributed by atoms with E-state index in [0.717, 1.165) is 31.7 Å². The average molecular weight is 269 g/mol. The normalized spacial score (nSPS) is 15.4. The number of aliphatic hydroxyl groups excluding tert-OH is 1. The van der Waals surface area contributed by atoms with Gasteiger partial charge < -0.3 is 14.9 Å². The third kappa shape index (κ3) is 2.75.